The molecule has 3 aromatic rings. The van der Waals surface area contributed by atoms with Crippen LogP contribution >= 0.6 is 0 Å². The van der Waals surface area contributed by atoms with Crippen molar-refractivity contribution in [3.05, 3.63) is 93.6 Å². The van der Waals surface area contributed by atoms with Gasteiger partial charge in [-0.3, -0.25) is 14.9 Å². The molecule has 0 fully saturated rings. The number of ether oxygens (including phenoxy) is 2. The van der Waals surface area contributed by atoms with Crippen molar-refractivity contribution in [2.24, 2.45) is 0 Å². The number of hydrogen-bond acceptors (Lipinski definition) is 7. The minimum absolute atomic E-state index is 0.101. The average Bonchev–Trinajstić information content (AvgIpc) is 3.30. The summed E-state index contributed by atoms with van der Waals surface area (Å²) in [5, 5.41) is 10.7. The summed E-state index contributed by atoms with van der Waals surface area (Å²) in [6.45, 7) is 0. The molecule has 1 aliphatic heterocycles. The first-order valence-corrected chi connectivity index (χ1v) is 8.10. The van der Waals surface area contributed by atoms with Gasteiger partial charge in [-0.05, 0) is 36.4 Å². The van der Waals surface area contributed by atoms with Crippen LogP contribution in [0.5, 0.6) is 11.5 Å². The number of allylic oxidation sites excluding steroid dienone is 1. The van der Waals surface area contributed by atoms with Gasteiger partial charge in [-0.25, -0.2) is 4.79 Å². The molecule has 1 aliphatic rings. The Kier molecular flexibility index (Phi) is 4.21. The highest BCUT2D eigenvalue weighted by atomic mass is 16.6. The zero-order valence-corrected chi connectivity index (χ0v) is 14.2. The maximum absolute atomic E-state index is 12.4. The Bertz CT molecular complexity index is 1110. The van der Waals surface area contributed by atoms with Gasteiger partial charge in [0.05, 0.1) is 22.3 Å². The minimum Gasteiger partial charge on any atom is -0.465 e. The molecule has 0 N–H and O–H groups in total. The van der Waals surface area contributed by atoms with Crippen molar-refractivity contribution in [1.82, 2.24) is 0 Å². The summed E-state index contributed by atoms with van der Waals surface area (Å²) in [7, 11) is 0. The normalized spacial score (nSPS) is 13.9. The van der Waals surface area contributed by atoms with E-state index in [2.05, 4.69) is 0 Å². The second kappa shape index (κ2) is 6.84. The largest absolute Gasteiger partial charge is 0.465 e. The van der Waals surface area contributed by atoms with Crippen molar-refractivity contribution in [2.45, 2.75) is 0 Å². The van der Waals surface area contributed by atoms with E-state index >= 15 is 0 Å². The van der Waals surface area contributed by atoms with Crippen LogP contribution in [0.3, 0.4) is 0 Å². The third kappa shape index (κ3) is 3.26. The van der Waals surface area contributed by atoms with Crippen molar-refractivity contribution in [3.8, 4) is 11.5 Å². The van der Waals surface area contributed by atoms with Crippen molar-refractivity contribution in [2.75, 3.05) is 0 Å². The predicted molar refractivity (Wildman–Crippen MR) is 96.1 cm³/mol. The van der Waals surface area contributed by atoms with Crippen LogP contribution < -0.4 is 9.47 Å². The summed E-state index contributed by atoms with van der Waals surface area (Å²) in [6.07, 6.45) is 2.96. The number of carbonyl (C=O) groups excluding carboxylic acids is 2. The minimum atomic E-state index is -0.689. The zero-order valence-electron chi connectivity index (χ0n) is 14.2. The summed E-state index contributed by atoms with van der Waals surface area (Å²) in [5.41, 5.74) is 0.367. The van der Waals surface area contributed by atoms with Gasteiger partial charge in [-0.2, -0.15) is 0 Å². The molecular formula is C20H11NO7. The first-order valence-electron chi connectivity index (χ1n) is 8.10. The van der Waals surface area contributed by atoms with Crippen molar-refractivity contribution in [1.29, 1.82) is 0 Å². The number of rotatable bonds is 4. The van der Waals surface area contributed by atoms with Crippen molar-refractivity contribution in [3.63, 3.8) is 0 Å². The quantitative estimate of drug-likeness (QED) is 0.222. The summed E-state index contributed by atoms with van der Waals surface area (Å²) < 4.78 is 16.0. The van der Waals surface area contributed by atoms with Gasteiger partial charge in [0.25, 0.3) is 5.69 Å². The molecule has 4 rings (SSSR count). The highest BCUT2D eigenvalue weighted by Gasteiger charge is 2.28. The number of furan rings is 1. The fourth-order valence-electron chi connectivity index (χ4n) is 2.62. The number of hydrogen-bond donors (Lipinski definition) is 0. The molecule has 8 nitrogen and oxygen atoms in total. The van der Waals surface area contributed by atoms with E-state index in [0.717, 1.165) is 0 Å². The first kappa shape index (κ1) is 17.2. The Labute approximate surface area is 157 Å². The molecule has 0 amide bonds. The standard InChI is InChI=1S/C20H11NO7/c22-19-16-8-7-15(11-17(16)28-18(19)10-14-2-1-9-26-14)27-20(23)12-3-5-13(6-4-12)21(24)25/h1-11H/b18-10+. The summed E-state index contributed by atoms with van der Waals surface area (Å²) >= 11 is 0. The fourth-order valence-corrected chi connectivity index (χ4v) is 2.62. The van der Waals surface area contributed by atoms with Crippen molar-refractivity contribution < 1.29 is 28.4 Å². The highest BCUT2D eigenvalue weighted by molar-refractivity contribution is 6.14. The SMILES string of the molecule is O=C(Oc1ccc2c(c1)O/C(=C/c1ccco1)C2=O)c1ccc([N+](=O)[O-])cc1. The number of benzene rings is 2. The van der Waals surface area contributed by atoms with E-state index in [1.165, 1.54) is 54.8 Å². The molecule has 0 saturated carbocycles. The smallest absolute Gasteiger partial charge is 0.343 e. The number of nitro benzene ring substituents is 1. The third-order valence-electron chi connectivity index (χ3n) is 3.98. The van der Waals surface area contributed by atoms with E-state index in [0.29, 0.717) is 11.3 Å². The van der Waals surface area contributed by atoms with E-state index in [9.17, 15) is 19.7 Å². The summed E-state index contributed by atoms with van der Waals surface area (Å²) in [4.78, 5) is 34.7. The number of nitro groups is 1. The van der Waals surface area contributed by atoms with Crippen LogP contribution in [0.2, 0.25) is 0 Å². The monoisotopic (exact) mass is 377 g/mol. The molecule has 0 aliphatic carbocycles. The van der Waals surface area contributed by atoms with Crippen LogP contribution in [0.25, 0.3) is 6.08 Å². The Morgan fingerprint density at radius 1 is 1.11 bits per heavy atom. The Morgan fingerprint density at radius 2 is 1.89 bits per heavy atom. The molecule has 8 heteroatoms. The number of non-ortho nitro benzene ring substituents is 1. The molecule has 0 saturated heterocycles. The molecule has 1 aromatic heterocycles. The van der Waals surface area contributed by atoms with Gasteiger partial charge in [-0.15, -0.1) is 0 Å². The molecule has 0 radical (unpaired) electrons. The molecule has 0 unspecified atom stereocenters. The number of esters is 1. The average molecular weight is 377 g/mol. The third-order valence-corrected chi connectivity index (χ3v) is 3.98. The number of fused-ring (bicyclic) bond motifs is 1. The Morgan fingerprint density at radius 3 is 2.57 bits per heavy atom. The number of nitrogens with zero attached hydrogens (tertiary/aromatic N) is 1. The molecule has 0 spiro atoms. The van der Waals surface area contributed by atoms with E-state index < -0.39 is 10.9 Å². The van der Waals surface area contributed by atoms with Gasteiger partial charge in [0.1, 0.15) is 17.3 Å². The maximum atomic E-state index is 12.4. The van der Waals surface area contributed by atoms with Crippen LogP contribution in [0.1, 0.15) is 26.5 Å². The van der Waals surface area contributed by atoms with Crippen LogP contribution in [-0.4, -0.2) is 16.7 Å². The molecule has 2 heterocycles. The number of carbonyl (C=O) groups is 2. The number of Topliss-reactive ketones (excluding diaryl/α,β-unsaturated/α-hetero) is 1. The molecule has 28 heavy (non-hydrogen) atoms. The van der Waals surface area contributed by atoms with E-state index in [4.69, 9.17) is 13.9 Å². The maximum Gasteiger partial charge on any atom is 0.343 e. The highest BCUT2D eigenvalue weighted by Crippen LogP contribution is 2.35. The lowest BCUT2D eigenvalue weighted by atomic mass is 10.1. The van der Waals surface area contributed by atoms with Crippen molar-refractivity contribution >= 4 is 23.5 Å². The first-order chi connectivity index (χ1) is 13.5. The van der Waals surface area contributed by atoms with Gasteiger partial charge in [0, 0.05) is 24.3 Å². The van der Waals surface area contributed by atoms with Crippen LogP contribution in [0, 0.1) is 10.1 Å². The topological polar surface area (TPSA) is 109 Å². The van der Waals surface area contributed by atoms with Gasteiger partial charge in [-0.1, -0.05) is 0 Å². The van der Waals surface area contributed by atoms with Gasteiger partial charge in [0.2, 0.25) is 5.78 Å². The second-order valence-corrected chi connectivity index (χ2v) is 5.81. The van der Waals surface area contributed by atoms with Crippen LogP contribution in [-0.2, 0) is 0 Å². The predicted octanol–water partition coefficient (Wildman–Crippen LogP) is 4.02. The van der Waals surface area contributed by atoms with Gasteiger partial charge >= 0.3 is 5.97 Å². The van der Waals surface area contributed by atoms with E-state index in [1.807, 2.05) is 0 Å². The second-order valence-electron chi connectivity index (χ2n) is 5.81. The van der Waals surface area contributed by atoms with E-state index in [-0.39, 0.29) is 34.3 Å². The molecule has 2 aromatic carbocycles. The summed E-state index contributed by atoms with van der Waals surface area (Å²) in [6, 6.07) is 12.8. The van der Waals surface area contributed by atoms with Crippen LogP contribution in [0.15, 0.2) is 71.0 Å². The molecule has 138 valence electrons. The molecular weight excluding hydrogens is 366 g/mol. The lowest BCUT2D eigenvalue weighted by Crippen LogP contribution is -2.08. The zero-order chi connectivity index (χ0) is 19.7. The van der Waals surface area contributed by atoms with E-state index in [1.54, 1.807) is 12.1 Å². The summed E-state index contributed by atoms with van der Waals surface area (Å²) in [5.74, 6) is 0.0147. The Hall–Kier alpha value is -4.20. The lowest BCUT2D eigenvalue weighted by Gasteiger charge is -2.05. The lowest BCUT2D eigenvalue weighted by molar-refractivity contribution is -0.384. The van der Waals surface area contributed by atoms with Gasteiger partial charge < -0.3 is 13.9 Å². The molecule has 0 bridgehead atoms. The Balaban J connectivity index is 1.52. The van der Waals surface area contributed by atoms with Gasteiger partial charge in [0.15, 0.2) is 5.76 Å². The number of ketones is 1. The van der Waals surface area contributed by atoms with Crippen LogP contribution in [0.4, 0.5) is 5.69 Å². The molecule has 0 atom stereocenters. The fraction of sp³-hybridized carbons (Fsp3) is 0.